The maximum Gasteiger partial charge on any atom is 0.303 e. The van der Waals surface area contributed by atoms with Crippen LogP contribution < -0.4 is 9.64 Å². The SMILES string of the molecule is Cc1ccc2c(c1)Oc1cc(N(C)C)ccc1C2P(=O)(O)CCC(=O)O. The molecular formula is C19H22NO5P. The van der Waals surface area contributed by atoms with Crippen molar-refractivity contribution >= 4 is 19.0 Å². The Balaban J connectivity index is 2.14. The molecule has 2 aromatic carbocycles. The topological polar surface area (TPSA) is 87.1 Å². The van der Waals surface area contributed by atoms with Crippen molar-refractivity contribution in [3.05, 3.63) is 53.1 Å². The molecule has 0 bridgehead atoms. The van der Waals surface area contributed by atoms with E-state index < -0.39 is 19.0 Å². The van der Waals surface area contributed by atoms with E-state index in [-0.39, 0.29) is 12.6 Å². The first-order chi connectivity index (χ1) is 12.2. The number of benzene rings is 2. The van der Waals surface area contributed by atoms with Gasteiger partial charge >= 0.3 is 5.97 Å². The quantitative estimate of drug-likeness (QED) is 0.768. The van der Waals surface area contributed by atoms with Gasteiger partial charge in [-0.15, -0.1) is 0 Å². The third-order valence-electron chi connectivity index (χ3n) is 4.54. The second kappa shape index (κ2) is 6.78. The lowest BCUT2D eigenvalue weighted by Crippen LogP contribution is -2.15. The van der Waals surface area contributed by atoms with Crippen LogP contribution in [-0.4, -0.2) is 36.2 Å². The van der Waals surface area contributed by atoms with Gasteiger partial charge in [0.25, 0.3) is 0 Å². The lowest BCUT2D eigenvalue weighted by Gasteiger charge is -2.32. The number of rotatable bonds is 5. The monoisotopic (exact) mass is 375 g/mol. The minimum absolute atomic E-state index is 0.283. The second-order valence-corrected chi connectivity index (χ2v) is 9.26. The minimum atomic E-state index is -3.81. The molecule has 2 atom stereocenters. The first-order valence-electron chi connectivity index (χ1n) is 8.32. The molecule has 2 aromatic rings. The van der Waals surface area contributed by atoms with E-state index in [1.165, 1.54) is 0 Å². The summed E-state index contributed by atoms with van der Waals surface area (Å²) in [5, 5.41) is 8.94. The molecule has 1 aliphatic heterocycles. The van der Waals surface area contributed by atoms with Crippen molar-refractivity contribution < 1.29 is 24.1 Å². The van der Waals surface area contributed by atoms with Gasteiger partial charge in [0.1, 0.15) is 11.5 Å². The Morgan fingerprint density at radius 1 is 1.15 bits per heavy atom. The zero-order valence-corrected chi connectivity index (χ0v) is 15.9. The zero-order valence-electron chi connectivity index (χ0n) is 15.0. The van der Waals surface area contributed by atoms with Crippen molar-refractivity contribution in [2.75, 3.05) is 25.2 Å². The Bertz CT molecular complexity index is 909. The number of carboxylic acid groups (broad SMARTS) is 1. The fourth-order valence-corrected chi connectivity index (χ4v) is 5.24. The molecule has 2 unspecified atom stereocenters. The summed E-state index contributed by atoms with van der Waals surface area (Å²) in [5.74, 6) is -0.00875. The summed E-state index contributed by atoms with van der Waals surface area (Å²) in [6.07, 6.45) is -0.632. The van der Waals surface area contributed by atoms with Gasteiger partial charge in [-0.25, -0.2) is 0 Å². The summed E-state index contributed by atoms with van der Waals surface area (Å²) in [5.41, 5.74) is 2.34. The molecule has 6 nitrogen and oxygen atoms in total. The number of anilines is 1. The van der Waals surface area contributed by atoms with Crippen molar-refractivity contribution in [1.82, 2.24) is 0 Å². The van der Waals surface area contributed by atoms with Crippen LogP contribution in [0.5, 0.6) is 11.5 Å². The van der Waals surface area contributed by atoms with Gasteiger partial charge in [0.15, 0.2) is 0 Å². The maximum absolute atomic E-state index is 13.1. The van der Waals surface area contributed by atoms with E-state index >= 15 is 0 Å². The van der Waals surface area contributed by atoms with E-state index in [9.17, 15) is 14.3 Å². The summed E-state index contributed by atoms with van der Waals surface area (Å²) < 4.78 is 19.2. The Hall–Kier alpha value is -2.30. The zero-order chi connectivity index (χ0) is 19.1. The second-order valence-electron chi connectivity index (χ2n) is 6.79. The highest BCUT2D eigenvalue weighted by atomic mass is 31.2. The number of nitrogens with zero attached hydrogens (tertiary/aromatic N) is 1. The molecule has 0 amide bonds. The molecule has 7 heteroatoms. The van der Waals surface area contributed by atoms with E-state index in [4.69, 9.17) is 9.84 Å². The third kappa shape index (κ3) is 3.48. The van der Waals surface area contributed by atoms with Crippen molar-refractivity contribution in [2.45, 2.75) is 19.0 Å². The molecular weight excluding hydrogens is 353 g/mol. The lowest BCUT2D eigenvalue weighted by molar-refractivity contribution is -0.136. The highest BCUT2D eigenvalue weighted by Crippen LogP contribution is 2.64. The molecule has 138 valence electrons. The van der Waals surface area contributed by atoms with Crippen LogP contribution in [0.3, 0.4) is 0 Å². The minimum Gasteiger partial charge on any atom is -0.481 e. The van der Waals surface area contributed by atoms with Crippen LogP contribution in [0.1, 0.15) is 28.8 Å². The molecule has 3 rings (SSSR count). The van der Waals surface area contributed by atoms with Gasteiger partial charge in [-0.1, -0.05) is 18.2 Å². The van der Waals surface area contributed by atoms with Crippen LogP contribution in [0.15, 0.2) is 36.4 Å². The molecule has 0 aromatic heterocycles. The predicted molar refractivity (Wildman–Crippen MR) is 101 cm³/mol. The van der Waals surface area contributed by atoms with Gasteiger partial charge in [-0.05, 0) is 24.6 Å². The number of hydrogen-bond acceptors (Lipinski definition) is 4. The normalized spacial score (nSPS) is 17.5. The summed E-state index contributed by atoms with van der Waals surface area (Å²) in [6.45, 7) is 1.92. The molecule has 1 heterocycles. The third-order valence-corrected chi connectivity index (χ3v) is 6.77. The van der Waals surface area contributed by atoms with Crippen molar-refractivity contribution in [2.24, 2.45) is 0 Å². The lowest BCUT2D eigenvalue weighted by atomic mass is 9.98. The smallest absolute Gasteiger partial charge is 0.303 e. The van der Waals surface area contributed by atoms with Gasteiger partial charge in [-0.2, -0.15) is 0 Å². The van der Waals surface area contributed by atoms with E-state index in [2.05, 4.69) is 0 Å². The first kappa shape index (κ1) is 18.5. The molecule has 1 aliphatic rings. The van der Waals surface area contributed by atoms with E-state index in [1.807, 2.05) is 50.2 Å². The van der Waals surface area contributed by atoms with E-state index in [0.29, 0.717) is 22.6 Å². The van der Waals surface area contributed by atoms with Gasteiger partial charge in [0, 0.05) is 43.1 Å². The molecule has 0 spiro atoms. The predicted octanol–water partition coefficient (Wildman–Crippen LogP) is 4.00. The number of ether oxygens (including phenoxy) is 1. The first-order valence-corrected chi connectivity index (χ1v) is 10.2. The molecule has 0 saturated heterocycles. The average molecular weight is 375 g/mol. The molecule has 0 radical (unpaired) electrons. The molecule has 26 heavy (non-hydrogen) atoms. The van der Waals surface area contributed by atoms with Gasteiger partial charge in [-0.3, -0.25) is 9.36 Å². The fraction of sp³-hybridized carbons (Fsp3) is 0.316. The summed E-state index contributed by atoms with van der Waals surface area (Å²) in [7, 11) is -0.00152. The standard InChI is InChI=1S/C19H22NO5P/c1-12-4-6-14-16(10-12)25-17-11-13(20(2)3)5-7-15(17)19(14)26(23,24)9-8-18(21)22/h4-7,10-11,19H,8-9H2,1-3H3,(H,21,22)(H,23,24). The van der Waals surface area contributed by atoms with Gasteiger partial charge < -0.3 is 19.6 Å². The molecule has 0 fully saturated rings. The number of carbonyl (C=O) groups is 1. The summed E-state index contributed by atoms with van der Waals surface area (Å²) in [4.78, 5) is 23.6. The summed E-state index contributed by atoms with van der Waals surface area (Å²) >= 11 is 0. The Labute approximate surface area is 152 Å². The van der Waals surface area contributed by atoms with Crippen LogP contribution in [-0.2, 0) is 9.36 Å². The number of aliphatic carboxylic acids is 1. The highest BCUT2D eigenvalue weighted by Gasteiger charge is 2.40. The van der Waals surface area contributed by atoms with Crippen molar-refractivity contribution in [3.8, 4) is 11.5 Å². The molecule has 0 saturated carbocycles. The van der Waals surface area contributed by atoms with Crippen LogP contribution in [0.25, 0.3) is 0 Å². The van der Waals surface area contributed by atoms with Crippen molar-refractivity contribution in [1.29, 1.82) is 0 Å². The Kier molecular flexibility index (Phi) is 4.82. The maximum atomic E-state index is 13.1. The fourth-order valence-electron chi connectivity index (χ4n) is 3.18. The molecule has 0 aliphatic carbocycles. The molecule has 2 N–H and O–H groups in total. The highest BCUT2D eigenvalue weighted by molar-refractivity contribution is 7.58. The number of fused-ring (bicyclic) bond motifs is 2. The van der Waals surface area contributed by atoms with E-state index in [1.54, 1.807) is 12.1 Å². The van der Waals surface area contributed by atoms with E-state index in [0.717, 1.165) is 11.3 Å². The van der Waals surface area contributed by atoms with Crippen LogP contribution in [0, 0.1) is 6.92 Å². The number of carboxylic acids is 1. The number of hydrogen-bond donors (Lipinski definition) is 2. The van der Waals surface area contributed by atoms with Crippen LogP contribution >= 0.6 is 7.37 Å². The van der Waals surface area contributed by atoms with Gasteiger partial charge in [0.2, 0.25) is 7.37 Å². The number of aryl methyl sites for hydroxylation is 1. The van der Waals surface area contributed by atoms with Crippen LogP contribution in [0.4, 0.5) is 5.69 Å². The van der Waals surface area contributed by atoms with Crippen molar-refractivity contribution in [3.63, 3.8) is 0 Å². The largest absolute Gasteiger partial charge is 0.481 e. The van der Waals surface area contributed by atoms with Gasteiger partial charge in [0.05, 0.1) is 12.1 Å². The average Bonchev–Trinajstić information content (AvgIpc) is 2.57. The Morgan fingerprint density at radius 2 is 1.77 bits per heavy atom. The summed E-state index contributed by atoms with van der Waals surface area (Å²) in [6, 6.07) is 11.0. The van der Waals surface area contributed by atoms with Crippen LogP contribution in [0.2, 0.25) is 0 Å². The Morgan fingerprint density at radius 3 is 2.38 bits per heavy atom.